The monoisotopic (exact) mass is 290 g/mol. The molecule has 0 unspecified atom stereocenters. The summed E-state index contributed by atoms with van der Waals surface area (Å²) in [5.41, 5.74) is 1.32. The van der Waals surface area contributed by atoms with E-state index in [1.807, 2.05) is 34.6 Å². The molecule has 19 heavy (non-hydrogen) atoms. The summed E-state index contributed by atoms with van der Waals surface area (Å²) in [7, 11) is 2.16. The number of thiocarbonyl (C=S) groups is 1. The minimum absolute atomic E-state index is 0.318. The predicted molar refractivity (Wildman–Crippen MR) is 85.6 cm³/mol. The molecule has 1 saturated heterocycles. The Kier molecular flexibility index (Phi) is 13.4. The van der Waals surface area contributed by atoms with Crippen molar-refractivity contribution in [1.82, 2.24) is 10.2 Å². The molecule has 4 nitrogen and oxygen atoms in total. The maximum Gasteiger partial charge on any atom is 0.293 e. The third-order valence-corrected chi connectivity index (χ3v) is 2.56. The van der Waals surface area contributed by atoms with Gasteiger partial charge >= 0.3 is 0 Å². The number of ether oxygens (including phenoxy) is 1. The van der Waals surface area contributed by atoms with Gasteiger partial charge in [0, 0.05) is 6.04 Å². The Balaban J connectivity index is 0. The fourth-order valence-electron chi connectivity index (χ4n) is 1.42. The molecule has 1 fully saturated rings. The van der Waals surface area contributed by atoms with E-state index in [0.29, 0.717) is 12.5 Å². The van der Waals surface area contributed by atoms with Crippen LogP contribution in [-0.2, 0) is 9.53 Å². The van der Waals surface area contributed by atoms with Crippen LogP contribution in [0.4, 0.5) is 0 Å². The molecule has 1 rings (SSSR count). The van der Waals surface area contributed by atoms with Gasteiger partial charge in [0.15, 0.2) is 0 Å². The summed E-state index contributed by atoms with van der Waals surface area (Å²) in [5.74, 6) is 0. The molecule has 1 heterocycles. The molecule has 0 radical (unpaired) electrons. The molecular weight excluding hydrogens is 260 g/mol. The highest BCUT2D eigenvalue weighted by molar-refractivity contribution is 7.78. The first kappa shape index (κ1) is 20.6. The molecular formula is C14H30N2O2S. The van der Waals surface area contributed by atoms with E-state index in [-0.39, 0.29) is 5.60 Å². The van der Waals surface area contributed by atoms with E-state index in [1.165, 1.54) is 25.9 Å². The topological polar surface area (TPSA) is 41.6 Å². The second kappa shape index (κ2) is 12.4. The van der Waals surface area contributed by atoms with Gasteiger partial charge in [-0.05, 0) is 53.8 Å². The lowest BCUT2D eigenvalue weighted by Gasteiger charge is -2.28. The molecule has 0 saturated carbocycles. The van der Waals surface area contributed by atoms with Crippen LogP contribution in [0.1, 0.15) is 47.5 Å². The molecule has 0 atom stereocenters. The van der Waals surface area contributed by atoms with Crippen LogP contribution in [0.3, 0.4) is 0 Å². The number of likely N-dealkylation sites (tertiary alicyclic amines) is 1. The fraction of sp³-hybridized carbons (Fsp3) is 0.857. The van der Waals surface area contributed by atoms with Crippen molar-refractivity contribution in [2.24, 2.45) is 0 Å². The molecule has 1 aliphatic rings. The van der Waals surface area contributed by atoms with Crippen LogP contribution >= 0.6 is 12.2 Å². The number of hydrogen-bond acceptors (Lipinski definition) is 4. The largest absolute Gasteiger partial charge is 0.462 e. The van der Waals surface area contributed by atoms with Crippen LogP contribution < -0.4 is 5.32 Å². The second-order valence-corrected chi connectivity index (χ2v) is 5.42. The Labute approximate surface area is 123 Å². The molecule has 1 N–H and O–H groups in total. The number of piperidine rings is 1. The second-order valence-electron chi connectivity index (χ2n) is 5.19. The van der Waals surface area contributed by atoms with Crippen molar-refractivity contribution in [2.45, 2.75) is 59.1 Å². The quantitative estimate of drug-likeness (QED) is 0.639. The summed E-state index contributed by atoms with van der Waals surface area (Å²) in [6.45, 7) is 12.3. The summed E-state index contributed by atoms with van der Waals surface area (Å²) in [4.78, 5) is 11.9. The molecule has 1 aliphatic heterocycles. The van der Waals surface area contributed by atoms with Gasteiger partial charge < -0.3 is 15.0 Å². The summed E-state index contributed by atoms with van der Waals surface area (Å²) in [6, 6.07) is 0.633. The maximum atomic E-state index is 9.60. The smallest absolute Gasteiger partial charge is 0.293 e. The van der Waals surface area contributed by atoms with Crippen molar-refractivity contribution in [2.75, 3.05) is 20.1 Å². The van der Waals surface area contributed by atoms with Crippen LogP contribution in [0.15, 0.2) is 0 Å². The first-order chi connectivity index (χ1) is 8.89. The average molecular weight is 290 g/mol. The molecule has 0 aromatic carbocycles. The zero-order valence-electron chi connectivity index (χ0n) is 13.2. The summed E-state index contributed by atoms with van der Waals surface area (Å²) >= 11 is 4.71. The minimum atomic E-state index is -0.318. The SMILES string of the molecule is CC.CC(C)(C)OC=O.CN1CCC(NC=S)CC1. The van der Waals surface area contributed by atoms with Gasteiger partial charge in [-0.2, -0.15) is 0 Å². The fourth-order valence-corrected chi connectivity index (χ4v) is 1.61. The molecule has 0 bridgehead atoms. The van der Waals surface area contributed by atoms with Crippen molar-refractivity contribution in [3.63, 3.8) is 0 Å². The Morgan fingerprint density at radius 1 is 1.26 bits per heavy atom. The van der Waals surface area contributed by atoms with Crippen LogP contribution in [0.2, 0.25) is 0 Å². The number of carbonyl (C=O) groups is 1. The first-order valence-electron chi connectivity index (χ1n) is 6.88. The van der Waals surface area contributed by atoms with E-state index in [1.54, 1.807) is 5.49 Å². The number of carbonyl (C=O) groups excluding carboxylic acids is 1. The Bertz CT molecular complexity index is 222. The molecule has 0 amide bonds. The van der Waals surface area contributed by atoms with Crippen LogP contribution in [0.5, 0.6) is 0 Å². The van der Waals surface area contributed by atoms with Crippen molar-refractivity contribution < 1.29 is 9.53 Å². The highest BCUT2D eigenvalue weighted by atomic mass is 32.1. The molecule has 0 spiro atoms. The van der Waals surface area contributed by atoms with Gasteiger partial charge in [-0.25, -0.2) is 0 Å². The lowest BCUT2D eigenvalue weighted by Crippen LogP contribution is -2.39. The molecule has 114 valence electrons. The zero-order chi connectivity index (χ0) is 15.3. The average Bonchev–Trinajstić information content (AvgIpc) is 2.34. The lowest BCUT2D eigenvalue weighted by atomic mass is 10.1. The number of nitrogens with zero attached hydrogens (tertiary/aromatic N) is 1. The van der Waals surface area contributed by atoms with E-state index in [2.05, 4.69) is 22.0 Å². The Morgan fingerprint density at radius 3 is 2.00 bits per heavy atom. The van der Waals surface area contributed by atoms with Gasteiger partial charge in [0.1, 0.15) is 5.60 Å². The molecule has 0 aromatic rings. The maximum absolute atomic E-state index is 9.60. The van der Waals surface area contributed by atoms with Crippen molar-refractivity contribution >= 4 is 24.2 Å². The summed E-state index contributed by atoms with van der Waals surface area (Å²) in [5, 5.41) is 3.17. The summed E-state index contributed by atoms with van der Waals surface area (Å²) in [6.07, 6.45) is 2.45. The Hall–Kier alpha value is -0.680. The molecule has 0 aliphatic carbocycles. The number of nitrogens with one attached hydrogen (secondary N) is 1. The third kappa shape index (κ3) is 15.3. The van der Waals surface area contributed by atoms with Crippen molar-refractivity contribution in [3.8, 4) is 0 Å². The first-order valence-corrected chi connectivity index (χ1v) is 7.36. The third-order valence-electron chi connectivity index (χ3n) is 2.42. The highest BCUT2D eigenvalue weighted by Crippen LogP contribution is 2.06. The minimum Gasteiger partial charge on any atom is -0.462 e. The van der Waals surface area contributed by atoms with E-state index in [0.717, 1.165) is 0 Å². The normalized spacial score (nSPS) is 16.1. The van der Waals surface area contributed by atoms with Gasteiger partial charge in [0.2, 0.25) is 0 Å². The van der Waals surface area contributed by atoms with Gasteiger partial charge in [0.05, 0.1) is 5.49 Å². The van der Waals surface area contributed by atoms with Crippen LogP contribution in [0, 0.1) is 0 Å². The molecule has 5 heteroatoms. The summed E-state index contributed by atoms with van der Waals surface area (Å²) < 4.78 is 4.55. The van der Waals surface area contributed by atoms with Gasteiger partial charge in [0.25, 0.3) is 6.47 Å². The van der Waals surface area contributed by atoms with Gasteiger partial charge in [-0.3, -0.25) is 4.79 Å². The van der Waals surface area contributed by atoms with Gasteiger partial charge in [-0.1, -0.05) is 26.1 Å². The predicted octanol–water partition coefficient (Wildman–Crippen LogP) is 2.61. The van der Waals surface area contributed by atoms with E-state index >= 15 is 0 Å². The van der Waals surface area contributed by atoms with E-state index in [4.69, 9.17) is 12.2 Å². The van der Waals surface area contributed by atoms with Crippen molar-refractivity contribution in [1.29, 1.82) is 0 Å². The Morgan fingerprint density at radius 2 is 1.74 bits per heavy atom. The number of hydrogen-bond donors (Lipinski definition) is 1. The van der Waals surface area contributed by atoms with E-state index in [9.17, 15) is 4.79 Å². The molecule has 0 aromatic heterocycles. The van der Waals surface area contributed by atoms with E-state index < -0.39 is 0 Å². The van der Waals surface area contributed by atoms with Gasteiger partial charge in [-0.15, -0.1) is 0 Å². The zero-order valence-corrected chi connectivity index (χ0v) is 14.0. The van der Waals surface area contributed by atoms with Crippen molar-refractivity contribution in [3.05, 3.63) is 0 Å². The number of rotatable bonds is 3. The standard InChI is InChI=1S/C7H14N2S.C5H10O2.C2H6/c1-9-4-2-7(3-5-9)8-6-10;1-5(2,3)7-4-6;1-2/h6-7H,2-5H2,1H3,(H,8,10);4H,1-3H3;1-2H3. The highest BCUT2D eigenvalue weighted by Gasteiger charge is 2.14. The lowest BCUT2D eigenvalue weighted by molar-refractivity contribution is -0.138. The van der Waals surface area contributed by atoms with Crippen LogP contribution in [-0.4, -0.2) is 48.6 Å². The van der Waals surface area contributed by atoms with Crippen LogP contribution in [0.25, 0.3) is 0 Å².